The Morgan fingerprint density at radius 3 is 2.18 bits per heavy atom. The average Bonchev–Trinajstić information content (AvgIpc) is 2.76. The third kappa shape index (κ3) is 3.14. The minimum Gasteiger partial charge on any atom is -0.504 e. The van der Waals surface area contributed by atoms with Gasteiger partial charge in [-0.05, 0) is 39.6 Å². The van der Waals surface area contributed by atoms with Crippen LogP contribution in [0.5, 0.6) is 11.5 Å². The number of aromatic hydroxyl groups is 1. The van der Waals surface area contributed by atoms with Crippen LogP contribution in [-0.4, -0.2) is 12.2 Å². The van der Waals surface area contributed by atoms with Crippen molar-refractivity contribution in [1.29, 1.82) is 0 Å². The average molecular weight is 366 g/mol. The van der Waals surface area contributed by atoms with Gasteiger partial charge >= 0.3 is 0 Å². The molecule has 4 aromatic rings. The fourth-order valence-corrected chi connectivity index (χ4v) is 3.75. The van der Waals surface area contributed by atoms with E-state index in [0.717, 1.165) is 33.0 Å². The minimum atomic E-state index is -0.148. The smallest absolute Gasteiger partial charge is 0.162 e. The summed E-state index contributed by atoms with van der Waals surface area (Å²) in [4.78, 5) is 0. The predicted octanol–water partition coefficient (Wildman–Crippen LogP) is 6.54. The summed E-state index contributed by atoms with van der Waals surface area (Å²) in [5.74, 6) is 0.483. The van der Waals surface area contributed by atoms with E-state index in [-0.39, 0.29) is 11.7 Å². The molecule has 138 valence electrons. The van der Waals surface area contributed by atoms with Gasteiger partial charge in [0, 0.05) is 11.5 Å². The van der Waals surface area contributed by atoms with Crippen LogP contribution in [0.15, 0.2) is 97.6 Å². The molecule has 0 radical (unpaired) electrons. The van der Waals surface area contributed by atoms with Gasteiger partial charge in [0.25, 0.3) is 0 Å². The van der Waals surface area contributed by atoms with Crippen LogP contribution in [0.25, 0.3) is 21.9 Å². The zero-order valence-corrected chi connectivity index (χ0v) is 15.8. The predicted molar refractivity (Wildman–Crippen MR) is 116 cm³/mol. The number of hydrogen-bond donors (Lipinski definition) is 1. The molecule has 0 saturated heterocycles. The van der Waals surface area contributed by atoms with Crippen molar-refractivity contribution in [3.05, 3.63) is 109 Å². The van der Waals surface area contributed by atoms with Gasteiger partial charge in [-0.25, -0.2) is 0 Å². The molecule has 0 bridgehead atoms. The van der Waals surface area contributed by atoms with Crippen molar-refractivity contribution in [2.24, 2.45) is 0 Å². The van der Waals surface area contributed by atoms with Gasteiger partial charge < -0.3 is 9.84 Å². The second-order valence-electron chi connectivity index (χ2n) is 6.77. The second-order valence-corrected chi connectivity index (χ2v) is 6.77. The van der Waals surface area contributed by atoms with E-state index in [1.54, 1.807) is 7.11 Å². The normalized spacial score (nSPS) is 11.9. The van der Waals surface area contributed by atoms with Crippen molar-refractivity contribution >= 4 is 10.8 Å². The van der Waals surface area contributed by atoms with Crippen molar-refractivity contribution in [2.75, 3.05) is 7.11 Å². The third-order valence-electron chi connectivity index (χ3n) is 5.15. The highest BCUT2D eigenvalue weighted by Gasteiger charge is 2.21. The lowest BCUT2D eigenvalue weighted by molar-refractivity contribution is 0.371. The zero-order chi connectivity index (χ0) is 19.5. The maximum atomic E-state index is 11.0. The summed E-state index contributed by atoms with van der Waals surface area (Å²) in [6, 6.07) is 28.5. The first-order valence-corrected chi connectivity index (χ1v) is 9.29. The molecule has 0 fully saturated rings. The van der Waals surface area contributed by atoms with Gasteiger partial charge in [-0.1, -0.05) is 78.9 Å². The van der Waals surface area contributed by atoms with Crippen LogP contribution in [0.2, 0.25) is 0 Å². The monoisotopic (exact) mass is 366 g/mol. The van der Waals surface area contributed by atoms with Crippen LogP contribution in [-0.2, 0) is 0 Å². The second kappa shape index (κ2) is 7.61. The Kier molecular flexibility index (Phi) is 4.86. The lowest BCUT2D eigenvalue weighted by Crippen LogP contribution is -2.01. The highest BCUT2D eigenvalue weighted by Crippen LogP contribution is 2.44. The van der Waals surface area contributed by atoms with Crippen molar-refractivity contribution in [1.82, 2.24) is 0 Å². The largest absolute Gasteiger partial charge is 0.504 e. The molecule has 0 saturated carbocycles. The van der Waals surface area contributed by atoms with E-state index in [1.165, 1.54) is 0 Å². The maximum Gasteiger partial charge on any atom is 0.162 e. The summed E-state index contributed by atoms with van der Waals surface area (Å²) in [6.45, 7) is 4.05. The standard InChI is InChI=1S/C26H22O2/c1-3-22(19-12-8-5-9-13-19)25-23-16-20(18-10-6-4-7-11-18)14-15-21(23)17-24(28-2)26(25)27/h3-17,22,27H,1H2,2H3. The van der Waals surface area contributed by atoms with Crippen LogP contribution < -0.4 is 4.74 Å². The molecule has 0 aliphatic rings. The molecule has 0 aliphatic heterocycles. The van der Waals surface area contributed by atoms with E-state index < -0.39 is 0 Å². The fraction of sp³-hybridized carbons (Fsp3) is 0.0769. The van der Waals surface area contributed by atoms with Crippen molar-refractivity contribution in [2.45, 2.75) is 5.92 Å². The first kappa shape index (κ1) is 17.9. The van der Waals surface area contributed by atoms with E-state index in [2.05, 4.69) is 49.0 Å². The first-order valence-electron chi connectivity index (χ1n) is 9.29. The molecule has 1 atom stereocenters. The molecule has 0 heterocycles. The van der Waals surface area contributed by atoms with E-state index in [9.17, 15) is 5.11 Å². The van der Waals surface area contributed by atoms with Crippen molar-refractivity contribution in [3.8, 4) is 22.6 Å². The van der Waals surface area contributed by atoms with Gasteiger partial charge in [0.1, 0.15) is 0 Å². The Balaban J connectivity index is 2.01. The fourth-order valence-electron chi connectivity index (χ4n) is 3.75. The van der Waals surface area contributed by atoms with Crippen LogP contribution >= 0.6 is 0 Å². The summed E-state index contributed by atoms with van der Waals surface area (Å²) in [5.41, 5.74) is 4.14. The number of phenolic OH excluding ortho intramolecular Hbond substituents is 1. The molecular formula is C26H22O2. The lowest BCUT2D eigenvalue weighted by atomic mass is 9.86. The van der Waals surface area contributed by atoms with Gasteiger partial charge in [-0.3, -0.25) is 0 Å². The van der Waals surface area contributed by atoms with Gasteiger partial charge in [0.05, 0.1) is 7.11 Å². The first-order chi connectivity index (χ1) is 13.7. The van der Waals surface area contributed by atoms with E-state index in [4.69, 9.17) is 4.74 Å². The summed E-state index contributed by atoms with van der Waals surface area (Å²) < 4.78 is 5.45. The molecule has 28 heavy (non-hydrogen) atoms. The summed E-state index contributed by atoms with van der Waals surface area (Å²) in [7, 11) is 1.58. The van der Waals surface area contributed by atoms with Gasteiger partial charge in [-0.2, -0.15) is 0 Å². The van der Waals surface area contributed by atoms with Crippen molar-refractivity contribution < 1.29 is 9.84 Å². The van der Waals surface area contributed by atoms with Gasteiger partial charge in [-0.15, -0.1) is 6.58 Å². The molecule has 0 amide bonds. The van der Waals surface area contributed by atoms with Crippen LogP contribution in [0.1, 0.15) is 17.0 Å². The quantitative estimate of drug-likeness (QED) is 0.406. The van der Waals surface area contributed by atoms with E-state index in [1.807, 2.05) is 48.5 Å². The summed E-state index contributed by atoms with van der Waals surface area (Å²) in [6.07, 6.45) is 1.87. The SMILES string of the molecule is C=CC(c1ccccc1)c1c(O)c(OC)cc2ccc(-c3ccccc3)cc12. The maximum absolute atomic E-state index is 11.0. The number of fused-ring (bicyclic) bond motifs is 1. The molecule has 1 unspecified atom stereocenters. The highest BCUT2D eigenvalue weighted by atomic mass is 16.5. The number of allylic oxidation sites excluding steroid dienone is 1. The molecule has 4 aromatic carbocycles. The molecular weight excluding hydrogens is 344 g/mol. The Morgan fingerprint density at radius 2 is 1.54 bits per heavy atom. The molecule has 0 aromatic heterocycles. The van der Waals surface area contributed by atoms with Crippen LogP contribution in [0.3, 0.4) is 0 Å². The highest BCUT2D eigenvalue weighted by molar-refractivity contribution is 5.94. The zero-order valence-electron chi connectivity index (χ0n) is 15.8. The number of ether oxygens (including phenoxy) is 1. The van der Waals surface area contributed by atoms with E-state index in [0.29, 0.717) is 5.75 Å². The molecule has 0 spiro atoms. The molecule has 1 N–H and O–H groups in total. The number of methoxy groups -OCH3 is 1. The van der Waals surface area contributed by atoms with Crippen LogP contribution in [0.4, 0.5) is 0 Å². The summed E-state index contributed by atoms with van der Waals surface area (Å²) in [5, 5.41) is 13.1. The number of hydrogen-bond acceptors (Lipinski definition) is 2. The topological polar surface area (TPSA) is 29.5 Å². The Bertz CT molecular complexity index is 1120. The number of benzene rings is 4. The minimum absolute atomic E-state index is 0.148. The molecule has 0 aliphatic carbocycles. The molecule has 4 rings (SSSR count). The van der Waals surface area contributed by atoms with Crippen molar-refractivity contribution in [3.63, 3.8) is 0 Å². The Labute approximate surface area is 165 Å². The lowest BCUT2D eigenvalue weighted by Gasteiger charge is -2.20. The van der Waals surface area contributed by atoms with Gasteiger partial charge in [0.2, 0.25) is 0 Å². The number of phenols is 1. The van der Waals surface area contributed by atoms with E-state index >= 15 is 0 Å². The van der Waals surface area contributed by atoms with Gasteiger partial charge in [0.15, 0.2) is 11.5 Å². The third-order valence-corrected chi connectivity index (χ3v) is 5.15. The Morgan fingerprint density at radius 1 is 0.857 bits per heavy atom. The Hall–Kier alpha value is -3.52. The van der Waals surface area contributed by atoms with Crippen LogP contribution in [0, 0.1) is 0 Å². The molecule has 2 heteroatoms. The molecule has 2 nitrogen and oxygen atoms in total. The number of rotatable bonds is 5. The summed E-state index contributed by atoms with van der Waals surface area (Å²) >= 11 is 0.